The first kappa shape index (κ1) is 17.6. The lowest BCUT2D eigenvalue weighted by atomic mass is 9.87. The van der Waals surface area contributed by atoms with E-state index in [9.17, 15) is 9.36 Å². The number of amides is 1. The minimum atomic E-state index is -3.51. The van der Waals surface area contributed by atoms with Crippen LogP contribution in [0.25, 0.3) is 0 Å². The lowest BCUT2D eigenvalue weighted by Gasteiger charge is -2.40. The Morgan fingerprint density at radius 3 is 2.70 bits per heavy atom. The second-order valence-electron chi connectivity index (χ2n) is 5.55. The molecule has 1 fully saturated rings. The van der Waals surface area contributed by atoms with Gasteiger partial charge in [0.15, 0.2) is 6.10 Å². The van der Waals surface area contributed by atoms with Crippen LogP contribution in [-0.2, 0) is 23.1 Å². The molecule has 0 radical (unpaired) electrons. The fraction of sp³-hybridized carbons (Fsp3) is 0.917. The number of nitrogens with one attached hydrogen (secondary N) is 2. The van der Waals surface area contributed by atoms with E-state index >= 15 is 0 Å². The molecular weight excluding hydrogens is 283 g/mol. The molecule has 0 aromatic heterocycles. The van der Waals surface area contributed by atoms with Crippen LogP contribution in [0.3, 0.4) is 0 Å². The molecule has 0 saturated carbocycles. The maximum Gasteiger partial charge on any atom is 0.406 e. The molecule has 0 aliphatic carbocycles. The third-order valence-electron chi connectivity index (χ3n) is 3.25. The van der Waals surface area contributed by atoms with E-state index in [2.05, 4.69) is 10.4 Å². The van der Waals surface area contributed by atoms with Gasteiger partial charge >= 0.3 is 7.75 Å². The maximum absolute atomic E-state index is 12.6. The van der Waals surface area contributed by atoms with E-state index < -0.39 is 19.3 Å². The summed E-state index contributed by atoms with van der Waals surface area (Å²) >= 11 is 0. The number of hydrogen-bond donors (Lipinski definition) is 2. The molecule has 3 atom stereocenters. The Hall–Kier alpha value is -0.460. The Bertz CT molecular complexity index is 388. The van der Waals surface area contributed by atoms with Crippen LogP contribution in [0.4, 0.5) is 0 Å². The summed E-state index contributed by atoms with van der Waals surface area (Å²) in [4.78, 5) is 11.9. The van der Waals surface area contributed by atoms with Crippen molar-refractivity contribution in [3.05, 3.63) is 0 Å². The quantitative estimate of drug-likeness (QED) is 0.719. The van der Waals surface area contributed by atoms with Gasteiger partial charge in [-0.1, -0.05) is 20.8 Å². The topological polar surface area (TPSA) is 85.9 Å². The molecule has 1 heterocycles. The van der Waals surface area contributed by atoms with Crippen LogP contribution < -0.4 is 10.4 Å². The van der Waals surface area contributed by atoms with Crippen molar-refractivity contribution in [2.24, 2.45) is 5.41 Å². The molecule has 1 saturated heterocycles. The van der Waals surface area contributed by atoms with Crippen LogP contribution in [0, 0.1) is 5.41 Å². The molecule has 7 nitrogen and oxygen atoms in total. The van der Waals surface area contributed by atoms with Gasteiger partial charge < -0.3 is 10.1 Å². The summed E-state index contributed by atoms with van der Waals surface area (Å²) in [6, 6.07) is -0.155. The molecular formula is C12H25N2O5P. The smallest absolute Gasteiger partial charge is 0.383 e. The van der Waals surface area contributed by atoms with Gasteiger partial charge in [0.25, 0.3) is 0 Å². The van der Waals surface area contributed by atoms with E-state index in [1.807, 2.05) is 20.8 Å². The number of ether oxygens (including phenoxy) is 1. The Morgan fingerprint density at radius 1 is 1.55 bits per heavy atom. The summed E-state index contributed by atoms with van der Waals surface area (Å²) in [7, 11) is -0.418. The first-order valence-corrected chi connectivity index (χ1v) is 8.23. The minimum Gasteiger partial charge on any atom is -0.383 e. The van der Waals surface area contributed by atoms with Crippen molar-refractivity contribution < 1.29 is 23.1 Å². The van der Waals surface area contributed by atoms with E-state index in [0.29, 0.717) is 13.0 Å². The highest BCUT2D eigenvalue weighted by Gasteiger charge is 2.48. The predicted octanol–water partition coefficient (Wildman–Crippen LogP) is 1.30. The van der Waals surface area contributed by atoms with Gasteiger partial charge in [-0.2, -0.15) is 0 Å². The summed E-state index contributed by atoms with van der Waals surface area (Å²) in [6.07, 6.45) is -0.113. The van der Waals surface area contributed by atoms with Gasteiger partial charge in [0, 0.05) is 25.6 Å². The predicted molar refractivity (Wildman–Crippen MR) is 75.4 cm³/mol. The molecule has 0 aromatic carbocycles. The third kappa shape index (κ3) is 4.27. The lowest BCUT2D eigenvalue weighted by molar-refractivity contribution is -0.138. The molecule has 20 heavy (non-hydrogen) atoms. The van der Waals surface area contributed by atoms with Gasteiger partial charge in [-0.3, -0.25) is 13.8 Å². The van der Waals surface area contributed by atoms with Crippen molar-refractivity contribution in [3.63, 3.8) is 0 Å². The van der Waals surface area contributed by atoms with Crippen LogP contribution in [-0.4, -0.2) is 45.4 Å². The van der Waals surface area contributed by atoms with Crippen molar-refractivity contribution in [3.8, 4) is 0 Å². The van der Waals surface area contributed by atoms with Crippen molar-refractivity contribution >= 4 is 13.7 Å². The molecule has 2 unspecified atom stereocenters. The highest BCUT2D eigenvalue weighted by Crippen LogP contribution is 2.53. The number of likely N-dealkylation sites (N-methyl/N-ethyl adjacent to an activating group) is 1. The van der Waals surface area contributed by atoms with Crippen LogP contribution in [0.2, 0.25) is 0 Å². The second-order valence-corrected chi connectivity index (χ2v) is 7.27. The summed E-state index contributed by atoms with van der Waals surface area (Å²) in [5.41, 5.74) is -0.543. The summed E-state index contributed by atoms with van der Waals surface area (Å²) in [6.45, 7) is 6.18. The average molecular weight is 308 g/mol. The van der Waals surface area contributed by atoms with Crippen molar-refractivity contribution in [2.45, 2.75) is 39.3 Å². The van der Waals surface area contributed by atoms with E-state index in [4.69, 9.17) is 13.8 Å². The second kappa shape index (κ2) is 7.00. The summed E-state index contributed by atoms with van der Waals surface area (Å²) < 4.78 is 28.5. The third-order valence-corrected chi connectivity index (χ3v) is 4.89. The van der Waals surface area contributed by atoms with Gasteiger partial charge in [0.05, 0.1) is 13.2 Å². The monoisotopic (exact) mass is 308 g/mol. The fourth-order valence-electron chi connectivity index (χ4n) is 1.91. The number of hydrogen-bond acceptors (Lipinski definition) is 5. The van der Waals surface area contributed by atoms with Gasteiger partial charge in [0.2, 0.25) is 5.91 Å². The summed E-state index contributed by atoms with van der Waals surface area (Å²) in [5.74, 6) is -0.305. The van der Waals surface area contributed by atoms with Crippen molar-refractivity contribution in [1.82, 2.24) is 10.4 Å². The molecule has 0 spiro atoms. The van der Waals surface area contributed by atoms with Gasteiger partial charge in [0.1, 0.15) is 0 Å². The molecule has 2 N–H and O–H groups in total. The number of methoxy groups -OCH3 is 1. The normalized spacial score (nSPS) is 30.8. The number of rotatable bonds is 6. The molecule has 118 valence electrons. The molecule has 1 aliphatic heterocycles. The molecule has 1 amide bonds. The molecule has 0 aromatic rings. The van der Waals surface area contributed by atoms with E-state index in [0.717, 1.165) is 0 Å². The van der Waals surface area contributed by atoms with Gasteiger partial charge in [-0.25, -0.2) is 9.65 Å². The largest absolute Gasteiger partial charge is 0.406 e. The Kier molecular flexibility index (Phi) is 6.16. The molecule has 8 heteroatoms. The standard InChI is InChI=1S/C12H25N2O5P/c1-6-9(7-17-5)14-20(16)18-8-12(2,3)10(19-20)11(15)13-4/h9-10H,6-8H2,1-5H3,(H,13,15)(H,14,16)/t9-,10?,20?/m0/s1. The summed E-state index contributed by atoms with van der Waals surface area (Å²) in [5, 5.41) is 5.36. The van der Waals surface area contributed by atoms with Crippen LogP contribution in [0.15, 0.2) is 0 Å². The first-order valence-electron chi connectivity index (χ1n) is 6.69. The number of carbonyl (C=O) groups is 1. The average Bonchev–Trinajstić information content (AvgIpc) is 2.40. The fourth-order valence-corrected chi connectivity index (χ4v) is 3.97. The first-order chi connectivity index (χ1) is 9.28. The maximum atomic E-state index is 12.6. The Balaban J connectivity index is 2.82. The minimum absolute atomic E-state index is 0.155. The van der Waals surface area contributed by atoms with Crippen LogP contribution in [0.1, 0.15) is 27.2 Å². The van der Waals surface area contributed by atoms with Crippen LogP contribution in [0.5, 0.6) is 0 Å². The molecule has 1 aliphatic rings. The van der Waals surface area contributed by atoms with Gasteiger partial charge in [-0.15, -0.1) is 0 Å². The Labute approximate surface area is 120 Å². The molecule has 1 rings (SSSR count). The zero-order valence-electron chi connectivity index (χ0n) is 12.8. The highest BCUT2D eigenvalue weighted by molar-refractivity contribution is 7.51. The SMILES string of the molecule is CC[C@@H](COC)NP1(=O)OCC(C)(C)C(C(=O)NC)O1. The van der Waals surface area contributed by atoms with E-state index in [1.165, 1.54) is 7.05 Å². The van der Waals surface area contributed by atoms with Gasteiger partial charge in [-0.05, 0) is 6.42 Å². The van der Waals surface area contributed by atoms with Crippen LogP contribution >= 0.6 is 7.75 Å². The zero-order valence-corrected chi connectivity index (χ0v) is 13.7. The van der Waals surface area contributed by atoms with Crippen molar-refractivity contribution in [2.75, 3.05) is 27.4 Å². The zero-order chi connectivity index (χ0) is 15.4. The number of carbonyl (C=O) groups excluding carboxylic acids is 1. The molecule has 0 bridgehead atoms. The van der Waals surface area contributed by atoms with Crippen molar-refractivity contribution in [1.29, 1.82) is 0 Å². The van der Waals surface area contributed by atoms with E-state index in [1.54, 1.807) is 7.11 Å². The Morgan fingerprint density at radius 2 is 2.20 bits per heavy atom. The van der Waals surface area contributed by atoms with E-state index in [-0.39, 0.29) is 18.6 Å². The lowest BCUT2D eigenvalue weighted by Crippen LogP contribution is -2.50. The highest BCUT2D eigenvalue weighted by atomic mass is 31.2.